The fraction of sp³-hybridized carbons (Fsp3) is 0.229. The fourth-order valence-electron chi connectivity index (χ4n) is 5.13. The summed E-state index contributed by atoms with van der Waals surface area (Å²) in [6, 6.07) is 37.3. The third kappa shape index (κ3) is 8.37. The Balaban J connectivity index is 0.000000201. The molecule has 1 aromatic heterocycles. The SMILES string of the molecule is CB(c1ccccc1Cl)c1ccccc1Cl.CCC(CCc1cncn1CCc1ccccc1)c1ccccc1. The Morgan fingerprint density at radius 3 is 1.85 bits per heavy atom. The zero-order valence-corrected chi connectivity index (χ0v) is 24.9. The zero-order valence-electron chi connectivity index (χ0n) is 23.4. The molecular weight excluding hydrogens is 530 g/mol. The summed E-state index contributed by atoms with van der Waals surface area (Å²) in [5.74, 6) is 0.628. The van der Waals surface area contributed by atoms with Crippen LogP contribution in [0.4, 0.5) is 0 Å². The van der Waals surface area contributed by atoms with Crippen molar-refractivity contribution in [2.45, 2.75) is 51.9 Å². The maximum atomic E-state index is 6.18. The number of aromatic nitrogens is 2. The van der Waals surface area contributed by atoms with Crippen molar-refractivity contribution in [3.05, 3.63) is 149 Å². The highest BCUT2D eigenvalue weighted by molar-refractivity contribution is 6.87. The molecule has 40 heavy (non-hydrogen) atoms. The van der Waals surface area contributed by atoms with E-state index >= 15 is 0 Å². The number of hydrogen-bond donors (Lipinski definition) is 0. The van der Waals surface area contributed by atoms with E-state index in [1.54, 1.807) is 0 Å². The fourth-order valence-corrected chi connectivity index (χ4v) is 5.72. The minimum absolute atomic E-state index is 0.211. The van der Waals surface area contributed by atoms with Crippen molar-refractivity contribution in [1.82, 2.24) is 9.55 Å². The van der Waals surface area contributed by atoms with Gasteiger partial charge in [0.05, 0.1) is 6.33 Å². The van der Waals surface area contributed by atoms with Gasteiger partial charge in [-0.05, 0) is 54.9 Å². The van der Waals surface area contributed by atoms with Crippen molar-refractivity contribution in [2.75, 3.05) is 0 Å². The zero-order chi connectivity index (χ0) is 28.2. The van der Waals surface area contributed by atoms with Gasteiger partial charge in [-0.25, -0.2) is 4.98 Å². The molecular formula is C35H37BCl2N2. The van der Waals surface area contributed by atoms with Crippen molar-refractivity contribution in [1.29, 1.82) is 0 Å². The minimum Gasteiger partial charge on any atom is -0.334 e. The summed E-state index contributed by atoms with van der Waals surface area (Å²) in [6.07, 6.45) is 8.51. The molecule has 5 aromatic rings. The number of benzene rings is 4. The molecule has 1 atom stereocenters. The van der Waals surface area contributed by atoms with Gasteiger partial charge in [-0.1, -0.05) is 145 Å². The third-order valence-corrected chi connectivity index (χ3v) is 8.23. The molecule has 0 radical (unpaired) electrons. The van der Waals surface area contributed by atoms with E-state index in [1.165, 1.54) is 29.7 Å². The maximum absolute atomic E-state index is 6.18. The van der Waals surface area contributed by atoms with E-state index < -0.39 is 0 Å². The van der Waals surface area contributed by atoms with Crippen LogP contribution in [0.2, 0.25) is 16.9 Å². The molecule has 0 aliphatic carbocycles. The van der Waals surface area contributed by atoms with Crippen LogP contribution in [0, 0.1) is 0 Å². The Labute approximate surface area is 250 Å². The van der Waals surface area contributed by atoms with Gasteiger partial charge in [0, 0.05) is 28.5 Å². The molecule has 0 fully saturated rings. The molecule has 1 heterocycles. The molecule has 1 unspecified atom stereocenters. The van der Waals surface area contributed by atoms with E-state index in [1.807, 2.05) is 61.1 Å². The molecule has 0 aliphatic rings. The van der Waals surface area contributed by atoms with Gasteiger partial charge in [0.15, 0.2) is 0 Å². The van der Waals surface area contributed by atoms with Crippen molar-refractivity contribution in [3.8, 4) is 0 Å². The molecule has 0 amide bonds. The molecule has 5 heteroatoms. The number of nitrogens with zero attached hydrogens (tertiary/aromatic N) is 2. The lowest BCUT2D eigenvalue weighted by Crippen LogP contribution is -2.40. The monoisotopic (exact) mass is 566 g/mol. The summed E-state index contributed by atoms with van der Waals surface area (Å²) in [4.78, 5) is 4.37. The first-order chi connectivity index (χ1) is 19.6. The Bertz CT molecular complexity index is 1390. The largest absolute Gasteiger partial charge is 0.334 e. The van der Waals surface area contributed by atoms with E-state index in [0.29, 0.717) is 5.92 Å². The number of rotatable bonds is 10. The van der Waals surface area contributed by atoms with Crippen LogP contribution in [0.1, 0.15) is 42.5 Å². The summed E-state index contributed by atoms with van der Waals surface area (Å²) >= 11 is 12.4. The molecule has 0 bridgehead atoms. The predicted molar refractivity (Wildman–Crippen MR) is 174 cm³/mol. The average molecular weight is 567 g/mol. The lowest BCUT2D eigenvalue weighted by atomic mass is 9.42. The summed E-state index contributed by atoms with van der Waals surface area (Å²) in [5.41, 5.74) is 6.40. The summed E-state index contributed by atoms with van der Waals surface area (Å²) in [5, 5.41) is 1.57. The normalized spacial score (nSPS) is 11.4. The lowest BCUT2D eigenvalue weighted by Gasteiger charge is -2.16. The predicted octanol–water partition coefficient (Wildman–Crippen LogP) is 8.48. The molecule has 0 aliphatic heterocycles. The minimum atomic E-state index is 0.211. The quantitative estimate of drug-likeness (QED) is 0.155. The van der Waals surface area contributed by atoms with E-state index in [9.17, 15) is 0 Å². The molecule has 4 aromatic carbocycles. The lowest BCUT2D eigenvalue weighted by molar-refractivity contribution is 0.576. The van der Waals surface area contributed by atoms with Gasteiger partial charge in [-0.15, -0.1) is 0 Å². The first-order valence-corrected chi connectivity index (χ1v) is 14.9. The second-order valence-electron chi connectivity index (χ2n) is 10.1. The van der Waals surface area contributed by atoms with Crippen molar-refractivity contribution in [3.63, 3.8) is 0 Å². The molecule has 0 N–H and O–H groups in total. The van der Waals surface area contributed by atoms with Crippen LogP contribution in [0.5, 0.6) is 0 Å². The van der Waals surface area contributed by atoms with Gasteiger partial charge in [0.25, 0.3) is 0 Å². The van der Waals surface area contributed by atoms with Gasteiger partial charge >= 0.3 is 0 Å². The van der Waals surface area contributed by atoms with Crippen LogP contribution in [0.15, 0.2) is 122 Å². The Hall–Kier alpha value is -3.27. The van der Waals surface area contributed by atoms with Crippen LogP contribution in [0.25, 0.3) is 0 Å². The van der Waals surface area contributed by atoms with Crippen LogP contribution < -0.4 is 10.9 Å². The highest BCUT2D eigenvalue weighted by Gasteiger charge is 2.17. The molecule has 5 rings (SSSR count). The molecule has 0 saturated carbocycles. The third-order valence-electron chi connectivity index (χ3n) is 7.54. The summed E-state index contributed by atoms with van der Waals surface area (Å²) in [6.45, 7) is 5.61. The van der Waals surface area contributed by atoms with Gasteiger partial charge < -0.3 is 4.57 Å². The molecule has 0 spiro atoms. The summed E-state index contributed by atoms with van der Waals surface area (Å²) in [7, 11) is 0. The van der Waals surface area contributed by atoms with E-state index in [4.69, 9.17) is 23.2 Å². The highest BCUT2D eigenvalue weighted by atomic mass is 35.5. The number of halogens is 2. The number of imidazole rings is 1. The number of hydrogen-bond acceptors (Lipinski definition) is 1. The van der Waals surface area contributed by atoms with Crippen molar-refractivity contribution >= 4 is 40.8 Å². The van der Waals surface area contributed by atoms with Crippen LogP contribution in [0.3, 0.4) is 0 Å². The Morgan fingerprint density at radius 2 is 1.27 bits per heavy atom. The standard InChI is InChI=1S/C22H26N2.C13H11BCl2/c1-2-20(21-11-7-4-8-12-21)13-14-22-17-23-18-24(22)16-15-19-9-5-3-6-10-19;1-14(10-6-2-4-8-12(10)15)11-7-3-5-9-13(11)16/h3-12,17-18,20H,2,13-16H2,1H3;2-9H,1H3. The van der Waals surface area contributed by atoms with E-state index in [2.05, 4.69) is 84.0 Å². The van der Waals surface area contributed by atoms with Gasteiger partial charge in [-0.3, -0.25) is 0 Å². The second-order valence-corrected chi connectivity index (χ2v) is 10.9. The first-order valence-electron chi connectivity index (χ1n) is 14.1. The van der Waals surface area contributed by atoms with Crippen LogP contribution in [-0.4, -0.2) is 16.3 Å². The smallest absolute Gasteiger partial charge is 0.210 e. The Morgan fingerprint density at radius 1 is 0.725 bits per heavy atom. The maximum Gasteiger partial charge on any atom is 0.210 e. The summed E-state index contributed by atoms with van der Waals surface area (Å²) < 4.78 is 2.31. The van der Waals surface area contributed by atoms with Crippen LogP contribution >= 0.6 is 23.2 Å². The topological polar surface area (TPSA) is 17.8 Å². The highest BCUT2D eigenvalue weighted by Crippen LogP contribution is 2.25. The van der Waals surface area contributed by atoms with Crippen molar-refractivity contribution in [2.24, 2.45) is 0 Å². The molecule has 0 saturated heterocycles. The van der Waals surface area contributed by atoms with Crippen molar-refractivity contribution < 1.29 is 0 Å². The molecule has 204 valence electrons. The van der Waals surface area contributed by atoms with Gasteiger partial charge in [-0.2, -0.15) is 0 Å². The number of aryl methyl sites for hydroxylation is 3. The van der Waals surface area contributed by atoms with E-state index in [0.717, 1.165) is 40.4 Å². The molecule has 2 nitrogen and oxygen atoms in total. The van der Waals surface area contributed by atoms with E-state index in [-0.39, 0.29) is 6.71 Å². The van der Waals surface area contributed by atoms with Gasteiger partial charge in [0.1, 0.15) is 0 Å². The van der Waals surface area contributed by atoms with Gasteiger partial charge in [0.2, 0.25) is 6.71 Å². The Kier molecular flexibility index (Phi) is 11.5. The van der Waals surface area contributed by atoms with Crippen LogP contribution in [-0.2, 0) is 19.4 Å². The first kappa shape index (κ1) is 29.7. The second kappa shape index (κ2) is 15.5. The average Bonchev–Trinajstić information content (AvgIpc) is 3.45.